The Bertz CT molecular complexity index is 555. The van der Waals surface area contributed by atoms with Crippen LogP contribution in [-0.2, 0) is 14.9 Å². The van der Waals surface area contributed by atoms with Gasteiger partial charge in [-0.2, -0.15) is 8.42 Å². The molecule has 0 aliphatic carbocycles. The quantitative estimate of drug-likeness (QED) is 0.574. The maximum absolute atomic E-state index is 10.7. The number of benzene rings is 1. The van der Waals surface area contributed by atoms with E-state index in [2.05, 4.69) is 13.8 Å². The molecule has 0 bridgehead atoms. The molecule has 6 heteroatoms. The molecule has 1 aromatic carbocycles. The summed E-state index contributed by atoms with van der Waals surface area (Å²) < 4.78 is 35.8. The fourth-order valence-corrected chi connectivity index (χ4v) is 3.35. The molecule has 0 fully saturated rings. The van der Waals surface area contributed by atoms with Crippen LogP contribution in [0.25, 0.3) is 0 Å². The van der Waals surface area contributed by atoms with E-state index in [0.29, 0.717) is 17.9 Å². The lowest BCUT2D eigenvalue weighted by Crippen LogP contribution is -2.24. The number of hydrogen-bond donors (Lipinski definition) is 1. The SMILES string of the molecule is COC(c1ccccc1Cl)C(C)(C)CCCCS(=O)(=O)O. The maximum Gasteiger partial charge on any atom is 0.264 e. The Hall–Kier alpha value is -0.620. The number of rotatable bonds is 8. The first-order valence-electron chi connectivity index (χ1n) is 6.90. The number of ether oxygens (including phenoxy) is 1. The lowest BCUT2D eigenvalue weighted by molar-refractivity contribution is -0.000695. The first kappa shape index (κ1) is 18.4. The molecule has 0 aliphatic rings. The average molecular weight is 335 g/mol. The lowest BCUT2D eigenvalue weighted by Gasteiger charge is -2.34. The highest BCUT2D eigenvalue weighted by molar-refractivity contribution is 7.85. The van der Waals surface area contributed by atoms with Crippen molar-refractivity contribution in [1.82, 2.24) is 0 Å². The van der Waals surface area contributed by atoms with Gasteiger partial charge >= 0.3 is 0 Å². The molecule has 1 aromatic rings. The third kappa shape index (κ3) is 5.94. The summed E-state index contributed by atoms with van der Waals surface area (Å²) in [4.78, 5) is 0. The Morgan fingerprint density at radius 3 is 2.43 bits per heavy atom. The van der Waals surface area contributed by atoms with Gasteiger partial charge in [-0.15, -0.1) is 0 Å². The Morgan fingerprint density at radius 2 is 1.90 bits per heavy atom. The van der Waals surface area contributed by atoms with Gasteiger partial charge in [0, 0.05) is 12.1 Å². The number of unbranched alkanes of at least 4 members (excludes halogenated alkanes) is 1. The van der Waals surface area contributed by atoms with Crippen LogP contribution in [-0.4, -0.2) is 25.8 Å². The van der Waals surface area contributed by atoms with Gasteiger partial charge in [-0.05, 0) is 29.9 Å². The molecule has 4 nitrogen and oxygen atoms in total. The molecule has 0 saturated heterocycles. The van der Waals surface area contributed by atoms with Crippen molar-refractivity contribution >= 4 is 21.7 Å². The summed E-state index contributed by atoms with van der Waals surface area (Å²) in [6.07, 6.45) is 1.72. The molecule has 21 heavy (non-hydrogen) atoms. The molecule has 120 valence electrons. The molecule has 0 aromatic heterocycles. The second kappa shape index (κ2) is 7.58. The van der Waals surface area contributed by atoms with E-state index in [1.165, 1.54) is 0 Å². The summed E-state index contributed by atoms with van der Waals surface area (Å²) in [6, 6.07) is 7.56. The highest BCUT2D eigenvalue weighted by Gasteiger charge is 2.31. The summed E-state index contributed by atoms with van der Waals surface area (Å²) in [5, 5.41) is 0.662. The van der Waals surface area contributed by atoms with Gasteiger partial charge in [0.15, 0.2) is 0 Å². The number of methoxy groups -OCH3 is 1. The predicted molar refractivity (Wildman–Crippen MR) is 85.2 cm³/mol. The minimum atomic E-state index is -3.88. The molecular formula is C15H23ClO4S. The molecule has 0 heterocycles. The van der Waals surface area contributed by atoms with Crippen molar-refractivity contribution in [2.24, 2.45) is 5.41 Å². The highest BCUT2D eigenvalue weighted by atomic mass is 35.5. The van der Waals surface area contributed by atoms with Crippen LogP contribution >= 0.6 is 11.6 Å². The Morgan fingerprint density at radius 1 is 1.29 bits per heavy atom. The Kier molecular flexibility index (Phi) is 6.66. The van der Waals surface area contributed by atoms with Gasteiger partial charge in [-0.3, -0.25) is 4.55 Å². The van der Waals surface area contributed by atoms with Gasteiger partial charge in [0.1, 0.15) is 0 Å². The van der Waals surface area contributed by atoms with Gasteiger partial charge in [0.05, 0.1) is 11.9 Å². The minimum Gasteiger partial charge on any atom is -0.376 e. The molecule has 0 aliphatic heterocycles. The average Bonchev–Trinajstić information content (AvgIpc) is 2.36. The standard InChI is InChI=1S/C15H23ClO4S/c1-15(2,10-6-7-11-21(17,18)19)14(20-3)12-8-4-5-9-13(12)16/h4-5,8-9,14H,6-7,10-11H2,1-3H3,(H,17,18,19). The van der Waals surface area contributed by atoms with Crippen LogP contribution in [0.4, 0.5) is 0 Å². The van der Waals surface area contributed by atoms with Crippen LogP contribution in [0.2, 0.25) is 5.02 Å². The molecular weight excluding hydrogens is 312 g/mol. The van der Waals surface area contributed by atoms with Gasteiger partial charge < -0.3 is 4.74 Å². The normalized spacial score (nSPS) is 14.1. The summed E-state index contributed by atoms with van der Waals surface area (Å²) in [5.41, 5.74) is 0.736. The van der Waals surface area contributed by atoms with Crippen molar-refractivity contribution < 1.29 is 17.7 Å². The number of halogens is 1. The third-order valence-corrected chi connectivity index (χ3v) is 4.76. The zero-order valence-electron chi connectivity index (χ0n) is 12.7. The molecule has 0 spiro atoms. The van der Waals surface area contributed by atoms with Crippen LogP contribution < -0.4 is 0 Å². The van der Waals surface area contributed by atoms with Crippen molar-refractivity contribution in [3.63, 3.8) is 0 Å². The first-order valence-corrected chi connectivity index (χ1v) is 8.88. The van der Waals surface area contributed by atoms with E-state index in [-0.39, 0.29) is 17.3 Å². The van der Waals surface area contributed by atoms with Crippen LogP contribution in [0.5, 0.6) is 0 Å². The van der Waals surface area contributed by atoms with Gasteiger partial charge in [0.25, 0.3) is 10.1 Å². The van der Waals surface area contributed by atoms with Crippen LogP contribution in [0.1, 0.15) is 44.8 Å². The monoisotopic (exact) mass is 334 g/mol. The molecule has 1 N–H and O–H groups in total. The van der Waals surface area contributed by atoms with Crippen molar-refractivity contribution in [2.45, 2.75) is 39.2 Å². The lowest BCUT2D eigenvalue weighted by atomic mass is 9.78. The predicted octanol–water partition coefficient (Wildman–Crippen LogP) is 4.11. The van der Waals surface area contributed by atoms with E-state index in [9.17, 15) is 8.42 Å². The zero-order chi connectivity index (χ0) is 16.1. The summed E-state index contributed by atoms with van der Waals surface area (Å²) in [7, 11) is -2.23. The van der Waals surface area contributed by atoms with Crippen LogP contribution in [0, 0.1) is 5.41 Å². The van der Waals surface area contributed by atoms with Crippen molar-refractivity contribution in [3.05, 3.63) is 34.9 Å². The van der Waals surface area contributed by atoms with Gasteiger partial charge in [0.2, 0.25) is 0 Å². The van der Waals surface area contributed by atoms with Gasteiger partial charge in [-0.1, -0.05) is 50.1 Å². The number of hydrogen-bond acceptors (Lipinski definition) is 3. The molecule has 0 amide bonds. The van der Waals surface area contributed by atoms with E-state index < -0.39 is 10.1 Å². The Labute approximate surface area is 132 Å². The molecule has 0 saturated carbocycles. The topological polar surface area (TPSA) is 63.6 Å². The zero-order valence-corrected chi connectivity index (χ0v) is 14.2. The van der Waals surface area contributed by atoms with Crippen molar-refractivity contribution in [1.29, 1.82) is 0 Å². The van der Waals surface area contributed by atoms with E-state index in [4.69, 9.17) is 20.9 Å². The second-order valence-corrected chi connectivity index (χ2v) is 7.85. The van der Waals surface area contributed by atoms with E-state index in [1.807, 2.05) is 24.3 Å². The minimum absolute atomic E-state index is 0.170. The highest BCUT2D eigenvalue weighted by Crippen LogP contribution is 2.42. The fourth-order valence-electron chi connectivity index (χ4n) is 2.55. The molecule has 1 atom stereocenters. The van der Waals surface area contributed by atoms with E-state index in [0.717, 1.165) is 12.0 Å². The largest absolute Gasteiger partial charge is 0.376 e. The smallest absolute Gasteiger partial charge is 0.264 e. The van der Waals surface area contributed by atoms with Crippen molar-refractivity contribution in [2.75, 3.05) is 12.9 Å². The molecule has 0 radical (unpaired) electrons. The second-order valence-electron chi connectivity index (χ2n) is 5.87. The summed E-state index contributed by atoms with van der Waals surface area (Å²) >= 11 is 6.23. The fraction of sp³-hybridized carbons (Fsp3) is 0.600. The summed E-state index contributed by atoms with van der Waals surface area (Å²) in [6.45, 7) is 4.13. The molecule has 1 unspecified atom stereocenters. The third-order valence-electron chi connectivity index (χ3n) is 3.61. The van der Waals surface area contributed by atoms with Crippen LogP contribution in [0.15, 0.2) is 24.3 Å². The first-order chi connectivity index (χ1) is 9.67. The van der Waals surface area contributed by atoms with E-state index in [1.54, 1.807) is 7.11 Å². The van der Waals surface area contributed by atoms with E-state index >= 15 is 0 Å². The van der Waals surface area contributed by atoms with Crippen LogP contribution in [0.3, 0.4) is 0 Å². The molecule has 1 rings (SSSR count). The Balaban J connectivity index is 2.72. The van der Waals surface area contributed by atoms with Crippen molar-refractivity contribution in [3.8, 4) is 0 Å². The summed E-state index contributed by atoms with van der Waals surface area (Å²) in [5.74, 6) is -0.202. The van der Waals surface area contributed by atoms with Gasteiger partial charge in [-0.25, -0.2) is 0 Å². The maximum atomic E-state index is 10.7.